The molecular weight excluding hydrogens is 286 g/mol. The highest BCUT2D eigenvalue weighted by Gasteiger charge is 2.34. The second kappa shape index (κ2) is 5.56. The molecule has 2 aromatic heterocycles. The molecule has 0 unspecified atom stereocenters. The maximum Gasteiger partial charge on any atom is 0.288 e. The van der Waals surface area contributed by atoms with Crippen molar-refractivity contribution in [2.24, 2.45) is 0 Å². The smallest absolute Gasteiger partial charge is 0.288 e. The average Bonchev–Trinajstić information content (AvgIpc) is 2.79. The van der Waals surface area contributed by atoms with Gasteiger partial charge >= 0.3 is 0 Å². The van der Waals surface area contributed by atoms with Crippen LogP contribution in [0.5, 0.6) is 0 Å². The average molecular weight is 306 g/mol. The number of nitriles is 1. The van der Waals surface area contributed by atoms with Gasteiger partial charge in [0.2, 0.25) is 0 Å². The maximum atomic E-state index is 14.0. The summed E-state index contributed by atoms with van der Waals surface area (Å²) < 4.78 is 27.9. The number of aryl methyl sites for hydroxylation is 2. The Morgan fingerprint density at radius 3 is 2.45 bits per heavy atom. The summed E-state index contributed by atoms with van der Waals surface area (Å²) in [4.78, 5) is 9.18. The zero-order valence-corrected chi connectivity index (χ0v) is 13.5. The highest BCUT2D eigenvalue weighted by atomic mass is 19.3. The molecule has 0 radical (unpaired) electrons. The van der Waals surface area contributed by atoms with Crippen LogP contribution in [0.15, 0.2) is 0 Å². The third-order valence-electron chi connectivity index (χ3n) is 3.99. The Labute approximate surface area is 128 Å². The third-order valence-corrected chi connectivity index (χ3v) is 3.99. The highest BCUT2D eigenvalue weighted by Crippen LogP contribution is 2.38. The predicted molar refractivity (Wildman–Crippen MR) is 83.4 cm³/mol. The van der Waals surface area contributed by atoms with Crippen molar-refractivity contribution in [3.63, 3.8) is 0 Å². The summed E-state index contributed by atoms with van der Waals surface area (Å²) in [7, 11) is 1.79. The molecule has 0 saturated carbocycles. The normalized spacial score (nSPS) is 11.7. The number of rotatable bonds is 4. The van der Waals surface area contributed by atoms with E-state index in [0.717, 1.165) is 24.6 Å². The first-order chi connectivity index (χ1) is 10.3. The molecule has 0 amide bonds. The van der Waals surface area contributed by atoms with Gasteiger partial charge < -0.3 is 9.88 Å². The molecule has 0 spiro atoms. The van der Waals surface area contributed by atoms with Crippen LogP contribution in [0.25, 0.3) is 11.0 Å². The Balaban J connectivity index is 3.00. The summed E-state index contributed by atoms with van der Waals surface area (Å²) >= 11 is 0. The van der Waals surface area contributed by atoms with Crippen LogP contribution in [-0.4, -0.2) is 23.6 Å². The summed E-state index contributed by atoms with van der Waals surface area (Å²) in [5, 5.41) is 9.44. The van der Waals surface area contributed by atoms with Crippen molar-refractivity contribution < 1.29 is 8.78 Å². The monoisotopic (exact) mass is 306 g/mol. The number of pyridine rings is 1. The predicted octanol–water partition coefficient (Wildman–Crippen LogP) is 3.87. The highest BCUT2D eigenvalue weighted by molar-refractivity contribution is 5.95. The van der Waals surface area contributed by atoms with E-state index >= 15 is 0 Å². The molecule has 2 aromatic rings. The van der Waals surface area contributed by atoms with Gasteiger partial charge in [0.05, 0.1) is 16.7 Å². The lowest BCUT2D eigenvalue weighted by Crippen LogP contribution is -2.21. The van der Waals surface area contributed by atoms with Gasteiger partial charge in [-0.05, 0) is 25.8 Å². The van der Waals surface area contributed by atoms with Crippen molar-refractivity contribution in [3.8, 4) is 6.07 Å². The van der Waals surface area contributed by atoms with Crippen molar-refractivity contribution in [1.29, 1.82) is 5.26 Å². The number of halogens is 2. The number of H-pyrrole nitrogens is 1. The Morgan fingerprint density at radius 2 is 2.00 bits per heavy atom. The molecule has 2 heterocycles. The zero-order chi connectivity index (χ0) is 16.7. The Bertz CT molecular complexity index is 750. The molecule has 0 fully saturated rings. The molecule has 22 heavy (non-hydrogen) atoms. The molecule has 0 aliphatic carbocycles. The van der Waals surface area contributed by atoms with Crippen molar-refractivity contribution in [1.82, 2.24) is 9.97 Å². The van der Waals surface area contributed by atoms with E-state index in [0.29, 0.717) is 23.3 Å². The molecule has 0 bridgehead atoms. The van der Waals surface area contributed by atoms with Crippen LogP contribution in [0.2, 0.25) is 0 Å². The van der Waals surface area contributed by atoms with Gasteiger partial charge in [0, 0.05) is 26.2 Å². The summed E-state index contributed by atoms with van der Waals surface area (Å²) in [6, 6.07) is 1.92. The summed E-state index contributed by atoms with van der Waals surface area (Å²) in [5.41, 5.74) is 2.96. The second-order valence-electron chi connectivity index (χ2n) is 5.50. The SMILES string of the molecule is CCc1[nH]c2c(N(C)CC)c(C#N)c(C(C)(F)F)nc2c1C. The van der Waals surface area contributed by atoms with E-state index in [1.165, 1.54) is 0 Å². The van der Waals surface area contributed by atoms with E-state index in [2.05, 4.69) is 9.97 Å². The molecule has 0 saturated heterocycles. The molecule has 1 N–H and O–H groups in total. The second-order valence-corrected chi connectivity index (χ2v) is 5.50. The number of aromatic nitrogens is 2. The van der Waals surface area contributed by atoms with Gasteiger partial charge in [-0.1, -0.05) is 6.92 Å². The lowest BCUT2D eigenvalue weighted by molar-refractivity contribution is 0.0128. The fraction of sp³-hybridized carbons (Fsp3) is 0.500. The maximum absolute atomic E-state index is 14.0. The first-order valence-corrected chi connectivity index (χ1v) is 7.30. The molecule has 6 heteroatoms. The fourth-order valence-electron chi connectivity index (χ4n) is 2.67. The van der Waals surface area contributed by atoms with Gasteiger partial charge in [-0.2, -0.15) is 14.0 Å². The topological polar surface area (TPSA) is 55.7 Å². The Hall–Kier alpha value is -2.16. The summed E-state index contributed by atoms with van der Waals surface area (Å²) in [6.45, 7) is 7.14. The lowest BCUT2D eigenvalue weighted by atomic mass is 10.0. The minimum Gasteiger partial charge on any atom is -0.372 e. The van der Waals surface area contributed by atoms with E-state index in [-0.39, 0.29) is 5.56 Å². The summed E-state index contributed by atoms with van der Waals surface area (Å²) in [5.74, 6) is -3.17. The van der Waals surface area contributed by atoms with Gasteiger partial charge in [0.1, 0.15) is 17.3 Å². The minimum absolute atomic E-state index is 0.0618. The van der Waals surface area contributed by atoms with Crippen LogP contribution < -0.4 is 4.90 Å². The van der Waals surface area contributed by atoms with E-state index in [1.54, 1.807) is 11.9 Å². The molecular formula is C16H20F2N4. The number of alkyl halides is 2. The molecule has 0 atom stereocenters. The molecule has 2 rings (SSSR count). The Morgan fingerprint density at radius 1 is 1.36 bits per heavy atom. The van der Waals surface area contributed by atoms with Crippen LogP contribution >= 0.6 is 0 Å². The number of fused-ring (bicyclic) bond motifs is 1. The first-order valence-electron chi connectivity index (χ1n) is 7.30. The first kappa shape index (κ1) is 16.2. The number of hydrogen-bond donors (Lipinski definition) is 1. The van der Waals surface area contributed by atoms with Gasteiger partial charge in [-0.15, -0.1) is 0 Å². The van der Waals surface area contributed by atoms with Crippen LogP contribution in [0.1, 0.15) is 43.3 Å². The minimum atomic E-state index is -3.17. The summed E-state index contributed by atoms with van der Waals surface area (Å²) in [6.07, 6.45) is 0.747. The number of nitrogens with one attached hydrogen (secondary N) is 1. The number of aromatic amines is 1. The van der Waals surface area contributed by atoms with Crippen molar-refractivity contribution in [3.05, 3.63) is 22.5 Å². The van der Waals surface area contributed by atoms with Crippen molar-refractivity contribution in [2.75, 3.05) is 18.5 Å². The van der Waals surface area contributed by atoms with Crippen LogP contribution in [-0.2, 0) is 12.3 Å². The van der Waals surface area contributed by atoms with E-state index in [9.17, 15) is 14.0 Å². The largest absolute Gasteiger partial charge is 0.372 e. The standard InChI is InChI=1S/C16H20F2N4/c1-6-11-9(3)12-13(20-11)14(22(5)7-2)10(8-19)15(21-12)16(4,17)18/h20H,6-7H2,1-5H3. The third kappa shape index (κ3) is 2.41. The fourth-order valence-corrected chi connectivity index (χ4v) is 2.67. The number of hydrogen-bond acceptors (Lipinski definition) is 3. The van der Waals surface area contributed by atoms with E-state index in [1.807, 2.05) is 26.8 Å². The van der Waals surface area contributed by atoms with E-state index in [4.69, 9.17) is 0 Å². The van der Waals surface area contributed by atoms with Crippen LogP contribution in [0.3, 0.4) is 0 Å². The van der Waals surface area contributed by atoms with Gasteiger partial charge in [-0.3, -0.25) is 0 Å². The van der Waals surface area contributed by atoms with Crippen LogP contribution in [0, 0.1) is 18.3 Å². The van der Waals surface area contributed by atoms with Gasteiger partial charge in [0.15, 0.2) is 0 Å². The van der Waals surface area contributed by atoms with Gasteiger partial charge in [0.25, 0.3) is 5.92 Å². The number of nitrogens with zero attached hydrogens (tertiary/aromatic N) is 3. The molecule has 0 aromatic carbocycles. The molecule has 0 aliphatic heterocycles. The van der Waals surface area contributed by atoms with Gasteiger partial charge in [-0.25, -0.2) is 4.98 Å². The molecule has 4 nitrogen and oxygen atoms in total. The zero-order valence-electron chi connectivity index (χ0n) is 13.5. The van der Waals surface area contributed by atoms with Crippen LogP contribution in [0.4, 0.5) is 14.5 Å². The number of anilines is 1. The van der Waals surface area contributed by atoms with Crippen molar-refractivity contribution in [2.45, 2.75) is 40.0 Å². The molecule has 118 valence electrons. The van der Waals surface area contributed by atoms with Crippen molar-refractivity contribution >= 4 is 16.7 Å². The Kier molecular flexibility index (Phi) is 4.10. The lowest BCUT2D eigenvalue weighted by Gasteiger charge is -2.22. The molecule has 0 aliphatic rings. The van der Waals surface area contributed by atoms with E-state index < -0.39 is 11.6 Å². The quantitative estimate of drug-likeness (QED) is 0.932.